The largest absolute Gasteiger partial charge is 0.470 e. The molecular weight excluding hydrogens is 412 g/mol. The normalized spacial score (nSPS) is 23.5. The standard InChI is InChI=1S/C19H29BrN4O3/c1-12-5-7-13(8-6-12)22-17-21-9-15(20)16(23-17)26-14-10-24(11-14)18(25)27-19(2,3)4/h9,12-14H,5-8,10-11H2,1-4H3,(H,21,22,23)/t12-,13+. The Morgan fingerprint density at radius 3 is 2.56 bits per heavy atom. The van der Waals surface area contributed by atoms with E-state index in [0.717, 1.165) is 18.8 Å². The number of halogens is 1. The Hall–Kier alpha value is -1.57. The first-order valence-corrected chi connectivity index (χ1v) is 10.4. The molecule has 1 N–H and O–H groups in total. The molecule has 0 atom stereocenters. The number of ether oxygens (including phenoxy) is 2. The van der Waals surface area contributed by atoms with Crippen LogP contribution in [0, 0.1) is 5.92 Å². The van der Waals surface area contributed by atoms with E-state index in [-0.39, 0.29) is 12.2 Å². The summed E-state index contributed by atoms with van der Waals surface area (Å²) < 4.78 is 12.0. The van der Waals surface area contributed by atoms with Gasteiger partial charge in [-0.3, -0.25) is 0 Å². The van der Waals surface area contributed by atoms with Gasteiger partial charge in [0.25, 0.3) is 0 Å². The maximum Gasteiger partial charge on any atom is 0.410 e. The lowest BCUT2D eigenvalue weighted by Gasteiger charge is -2.39. The molecule has 0 aromatic carbocycles. The Kier molecular flexibility index (Phi) is 6.13. The number of amides is 1. The lowest BCUT2D eigenvalue weighted by Crippen LogP contribution is -2.57. The Labute approximate surface area is 169 Å². The smallest absolute Gasteiger partial charge is 0.410 e. The molecular formula is C19H29BrN4O3. The van der Waals surface area contributed by atoms with E-state index in [1.807, 2.05) is 20.8 Å². The number of carbonyl (C=O) groups excluding carboxylic acids is 1. The predicted octanol–water partition coefficient (Wildman–Crippen LogP) is 4.23. The van der Waals surface area contributed by atoms with Gasteiger partial charge in [-0.1, -0.05) is 6.92 Å². The molecule has 27 heavy (non-hydrogen) atoms. The number of likely N-dealkylation sites (tertiary alicyclic amines) is 1. The lowest BCUT2D eigenvalue weighted by molar-refractivity contribution is -0.0234. The van der Waals surface area contributed by atoms with Crippen molar-refractivity contribution in [3.8, 4) is 5.88 Å². The van der Waals surface area contributed by atoms with Crippen molar-refractivity contribution in [3.05, 3.63) is 10.7 Å². The SMILES string of the molecule is CC(C)(C)OC(=O)N1CC(Oc2nc(N[C@H]3CC[C@@H](C)CC3)ncc2Br)C1. The molecule has 1 aliphatic carbocycles. The quantitative estimate of drug-likeness (QED) is 0.754. The Morgan fingerprint density at radius 2 is 1.93 bits per heavy atom. The van der Waals surface area contributed by atoms with Gasteiger partial charge in [0.1, 0.15) is 11.7 Å². The molecule has 0 unspecified atom stereocenters. The van der Waals surface area contributed by atoms with Crippen molar-refractivity contribution in [1.29, 1.82) is 0 Å². The van der Waals surface area contributed by atoms with Crippen LogP contribution in [0.1, 0.15) is 53.4 Å². The highest BCUT2D eigenvalue weighted by Crippen LogP contribution is 2.29. The zero-order chi connectivity index (χ0) is 19.6. The van der Waals surface area contributed by atoms with Gasteiger partial charge in [0.15, 0.2) is 0 Å². The number of carbonyl (C=O) groups is 1. The molecule has 150 valence electrons. The van der Waals surface area contributed by atoms with E-state index in [4.69, 9.17) is 9.47 Å². The third kappa shape index (κ3) is 5.70. The summed E-state index contributed by atoms with van der Waals surface area (Å²) in [6, 6.07) is 0.418. The molecule has 1 aromatic rings. The minimum atomic E-state index is -0.490. The van der Waals surface area contributed by atoms with Crippen LogP contribution in [0.15, 0.2) is 10.7 Å². The summed E-state index contributed by atoms with van der Waals surface area (Å²) >= 11 is 3.45. The summed E-state index contributed by atoms with van der Waals surface area (Å²) in [5, 5.41) is 3.42. The zero-order valence-corrected chi connectivity index (χ0v) is 18.1. The third-order valence-corrected chi connectivity index (χ3v) is 5.38. The van der Waals surface area contributed by atoms with Crippen LogP contribution >= 0.6 is 15.9 Å². The topological polar surface area (TPSA) is 76.6 Å². The molecule has 1 amide bonds. The summed E-state index contributed by atoms with van der Waals surface area (Å²) in [6.07, 6.45) is 6.07. The second-order valence-corrected chi connectivity index (χ2v) is 9.43. The van der Waals surface area contributed by atoms with E-state index in [0.29, 0.717) is 35.4 Å². The van der Waals surface area contributed by atoms with Crippen LogP contribution in [-0.2, 0) is 4.74 Å². The average molecular weight is 441 g/mol. The monoisotopic (exact) mass is 440 g/mol. The van der Waals surface area contributed by atoms with Crippen LogP contribution < -0.4 is 10.1 Å². The summed E-state index contributed by atoms with van der Waals surface area (Å²) in [7, 11) is 0. The van der Waals surface area contributed by atoms with Gasteiger partial charge in [0, 0.05) is 6.04 Å². The number of rotatable bonds is 4. The van der Waals surface area contributed by atoms with E-state index < -0.39 is 5.60 Å². The van der Waals surface area contributed by atoms with Gasteiger partial charge in [-0.25, -0.2) is 9.78 Å². The first-order valence-electron chi connectivity index (χ1n) is 9.63. The van der Waals surface area contributed by atoms with Gasteiger partial charge in [-0.15, -0.1) is 0 Å². The molecule has 2 aliphatic rings. The molecule has 0 radical (unpaired) electrons. The van der Waals surface area contributed by atoms with Gasteiger partial charge < -0.3 is 19.7 Å². The molecule has 0 spiro atoms. The van der Waals surface area contributed by atoms with Crippen LogP contribution in [0.3, 0.4) is 0 Å². The van der Waals surface area contributed by atoms with Crippen LogP contribution in [0.4, 0.5) is 10.7 Å². The maximum atomic E-state index is 12.0. The molecule has 0 bridgehead atoms. The van der Waals surface area contributed by atoms with Crippen molar-refractivity contribution < 1.29 is 14.3 Å². The fourth-order valence-corrected chi connectivity index (χ4v) is 3.52. The number of nitrogens with one attached hydrogen (secondary N) is 1. The predicted molar refractivity (Wildman–Crippen MR) is 107 cm³/mol. The third-order valence-electron chi connectivity index (χ3n) is 4.84. The molecule has 3 rings (SSSR count). The van der Waals surface area contributed by atoms with Gasteiger partial charge in [0.05, 0.1) is 23.8 Å². The van der Waals surface area contributed by atoms with Crippen molar-refractivity contribution in [2.75, 3.05) is 18.4 Å². The van der Waals surface area contributed by atoms with Crippen LogP contribution in [-0.4, -0.2) is 51.8 Å². The summed E-state index contributed by atoms with van der Waals surface area (Å²) in [5.41, 5.74) is -0.490. The maximum absolute atomic E-state index is 12.0. The van der Waals surface area contributed by atoms with Gasteiger partial charge in [-0.05, 0) is 68.3 Å². The molecule has 7 nitrogen and oxygen atoms in total. The van der Waals surface area contributed by atoms with E-state index in [1.54, 1.807) is 11.1 Å². The van der Waals surface area contributed by atoms with Crippen molar-refractivity contribution in [2.45, 2.75) is 71.1 Å². The second kappa shape index (κ2) is 8.20. The molecule has 1 saturated heterocycles. The molecule has 1 aliphatic heterocycles. The van der Waals surface area contributed by atoms with E-state index >= 15 is 0 Å². The highest BCUT2D eigenvalue weighted by molar-refractivity contribution is 9.10. The first kappa shape index (κ1) is 20.2. The molecule has 1 saturated carbocycles. The number of nitrogens with zero attached hydrogens (tertiary/aromatic N) is 3. The van der Waals surface area contributed by atoms with Crippen LogP contribution in [0.5, 0.6) is 5.88 Å². The summed E-state index contributed by atoms with van der Waals surface area (Å²) in [5.74, 6) is 1.90. The minimum absolute atomic E-state index is 0.0906. The van der Waals surface area contributed by atoms with Crippen LogP contribution in [0.2, 0.25) is 0 Å². The fraction of sp³-hybridized carbons (Fsp3) is 0.737. The Bertz CT molecular complexity index is 665. The number of hydrogen-bond donors (Lipinski definition) is 1. The van der Waals surface area contributed by atoms with Crippen molar-refractivity contribution >= 4 is 28.0 Å². The van der Waals surface area contributed by atoms with Crippen molar-refractivity contribution in [2.24, 2.45) is 5.92 Å². The first-order chi connectivity index (χ1) is 12.7. The molecule has 8 heteroatoms. The van der Waals surface area contributed by atoms with E-state index in [2.05, 4.69) is 38.1 Å². The van der Waals surface area contributed by atoms with Crippen molar-refractivity contribution in [3.63, 3.8) is 0 Å². The van der Waals surface area contributed by atoms with E-state index in [9.17, 15) is 4.79 Å². The van der Waals surface area contributed by atoms with Gasteiger partial charge in [0.2, 0.25) is 11.8 Å². The lowest BCUT2D eigenvalue weighted by atomic mass is 9.87. The minimum Gasteiger partial charge on any atom is -0.470 e. The second-order valence-electron chi connectivity index (χ2n) is 8.57. The summed E-state index contributed by atoms with van der Waals surface area (Å²) in [4.78, 5) is 22.5. The number of anilines is 1. The highest BCUT2D eigenvalue weighted by Gasteiger charge is 2.35. The number of hydrogen-bond acceptors (Lipinski definition) is 6. The van der Waals surface area contributed by atoms with Gasteiger partial charge in [-0.2, -0.15) is 4.98 Å². The van der Waals surface area contributed by atoms with Crippen molar-refractivity contribution in [1.82, 2.24) is 14.9 Å². The number of aromatic nitrogens is 2. The van der Waals surface area contributed by atoms with E-state index in [1.165, 1.54) is 12.8 Å². The van der Waals surface area contributed by atoms with Crippen LogP contribution in [0.25, 0.3) is 0 Å². The molecule has 2 heterocycles. The zero-order valence-electron chi connectivity index (χ0n) is 16.5. The Balaban J connectivity index is 1.51. The summed E-state index contributed by atoms with van der Waals surface area (Å²) in [6.45, 7) is 8.87. The average Bonchev–Trinajstić information content (AvgIpc) is 2.53. The van der Waals surface area contributed by atoms with Gasteiger partial charge >= 0.3 is 6.09 Å². The Morgan fingerprint density at radius 1 is 1.26 bits per heavy atom. The molecule has 1 aromatic heterocycles. The molecule has 2 fully saturated rings. The fourth-order valence-electron chi connectivity index (χ4n) is 3.24. The highest BCUT2D eigenvalue weighted by atomic mass is 79.9.